The van der Waals surface area contributed by atoms with Gasteiger partial charge in [-0.25, -0.2) is 4.39 Å². The quantitative estimate of drug-likeness (QED) is 0.293. The Hall–Kier alpha value is -3.62. The van der Waals surface area contributed by atoms with E-state index in [1.807, 2.05) is 66.2 Å². The maximum atomic E-state index is 14.8. The molecule has 4 heterocycles. The van der Waals surface area contributed by atoms with Crippen LogP contribution in [0, 0.1) is 12.7 Å². The van der Waals surface area contributed by atoms with Gasteiger partial charge in [-0.05, 0) is 66.6 Å². The fraction of sp³-hybridized carbons (Fsp3) is 0.290. The smallest absolute Gasteiger partial charge is 0.259 e. The molecule has 8 heteroatoms. The molecule has 0 saturated heterocycles. The fourth-order valence-corrected chi connectivity index (χ4v) is 6.81. The van der Waals surface area contributed by atoms with Crippen molar-refractivity contribution < 1.29 is 13.9 Å². The van der Waals surface area contributed by atoms with Gasteiger partial charge in [-0.15, -0.1) is 11.8 Å². The molecular formula is C31H30FN3O3S. The van der Waals surface area contributed by atoms with Crippen LogP contribution in [0.1, 0.15) is 28.4 Å². The van der Waals surface area contributed by atoms with E-state index in [2.05, 4.69) is 16.9 Å². The maximum absolute atomic E-state index is 14.8. The number of aromatic nitrogens is 2. The summed E-state index contributed by atoms with van der Waals surface area (Å²) in [6, 6.07) is 18.5. The lowest BCUT2D eigenvalue weighted by atomic mass is 9.94. The van der Waals surface area contributed by atoms with Crippen molar-refractivity contribution in [3.63, 3.8) is 0 Å². The highest BCUT2D eigenvalue weighted by atomic mass is 32.2. The summed E-state index contributed by atoms with van der Waals surface area (Å²) in [7, 11) is 2.09. The van der Waals surface area contributed by atoms with Crippen LogP contribution in [0.15, 0.2) is 76.7 Å². The normalized spacial score (nSPS) is 15.6. The molecule has 6 rings (SSSR count). The highest BCUT2D eigenvalue weighted by Crippen LogP contribution is 2.41. The van der Waals surface area contributed by atoms with Crippen molar-refractivity contribution in [2.24, 2.45) is 0 Å². The topological polar surface area (TPSA) is 56.6 Å². The molecule has 0 bridgehead atoms. The summed E-state index contributed by atoms with van der Waals surface area (Å²) < 4.78 is 27.8. The number of rotatable bonds is 8. The van der Waals surface area contributed by atoms with Crippen LogP contribution < -0.4 is 15.0 Å². The molecule has 4 aromatic rings. The van der Waals surface area contributed by atoms with Gasteiger partial charge in [0.2, 0.25) is 6.79 Å². The number of fused-ring (bicyclic) bond motifs is 2. The van der Waals surface area contributed by atoms with Crippen LogP contribution in [0.4, 0.5) is 4.39 Å². The van der Waals surface area contributed by atoms with E-state index in [0.29, 0.717) is 29.0 Å². The summed E-state index contributed by atoms with van der Waals surface area (Å²) in [5, 5.41) is 0.938. The Labute approximate surface area is 231 Å². The van der Waals surface area contributed by atoms with Gasteiger partial charge in [0.05, 0.1) is 16.6 Å². The van der Waals surface area contributed by atoms with E-state index < -0.39 is 0 Å². The number of nitrogens with zero attached hydrogens (tertiary/aromatic N) is 3. The van der Waals surface area contributed by atoms with Gasteiger partial charge in [0.25, 0.3) is 5.56 Å². The third-order valence-electron chi connectivity index (χ3n) is 7.50. The number of benzene rings is 2. The molecule has 0 aliphatic carbocycles. The van der Waals surface area contributed by atoms with Crippen molar-refractivity contribution >= 4 is 11.8 Å². The van der Waals surface area contributed by atoms with E-state index in [9.17, 15) is 9.18 Å². The molecule has 1 unspecified atom stereocenters. The monoisotopic (exact) mass is 543 g/mol. The highest BCUT2D eigenvalue weighted by molar-refractivity contribution is 7.99. The lowest BCUT2D eigenvalue weighted by Crippen LogP contribution is -2.35. The third-order valence-corrected chi connectivity index (χ3v) is 8.77. The van der Waals surface area contributed by atoms with Crippen molar-refractivity contribution in [2.75, 3.05) is 32.7 Å². The minimum absolute atomic E-state index is 0.000960. The number of pyridine rings is 2. The van der Waals surface area contributed by atoms with Crippen LogP contribution in [0.2, 0.25) is 0 Å². The molecular weight excluding hydrogens is 513 g/mol. The first-order valence-electron chi connectivity index (χ1n) is 13.1. The molecule has 0 saturated carbocycles. The van der Waals surface area contributed by atoms with E-state index in [4.69, 9.17) is 9.47 Å². The molecule has 200 valence electrons. The number of hydrogen-bond donors (Lipinski definition) is 0. The molecule has 0 amide bonds. The van der Waals surface area contributed by atoms with Crippen LogP contribution in [0.5, 0.6) is 11.5 Å². The third kappa shape index (κ3) is 5.06. The number of likely N-dealkylation sites (N-methyl/N-ethyl adjacent to an activating group) is 1. The van der Waals surface area contributed by atoms with Crippen LogP contribution in [-0.2, 0) is 12.8 Å². The molecule has 2 aliphatic rings. The summed E-state index contributed by atoms with van der Waals surface area (Å²) >= 11 is 1.69. The van der Waals surface area contributed by atoms with E-state index in [1.165, 1.54) is 6.07 Å². The van der Waals surface area contributed by atoms with Crippen molar-refractivity contribution in [3.05, 3.63) is 105 Å². The molecule has 0 spiro atoms. The molecule has 0 N–H and O–H groups in total. The summed E-state index contributed by atoms with van der Waals surface area (Å²) in [6.45, 7) is 3.72. The second kappa shape index (κ2) is 10.9. The predicted octanol–water partition coefficient (Wildman–Crippen LogP) is 5.50. The summed E-state index contributed by atoms with van der Waals surface area (Å²) in [5.41, 5.74) is 4.94. The second-order valence-corrected chi connectivity index (χ2v) is 11.1. The number of ether oxygens (including phenoxy) is 2. The minimum atomic E-state index is -0.236. The summed E-state index contributed by atoms with van der Waals surface area (Å²) in [4.78, 5) is 20.9. The first-order chi connectivity index (χ1) is 19.0. The van der Waals surface area contributed by atoms with Crippen molar-refractivity contribution in [2.45, 2.75) is 30.8 Å². The van der Waals surface area contributed by atoms with Crippen molar-refractivity contribution in [1.82, 2.24) is 14.5 Å². The Morgan fingerprint density at radius 2 is 1.92 bits per heavy atom. The van der Waals surface area contributed by atoms with Crippen molar-refractivity contribution in [1.29, 1.82) is 0 Å². The van der Waals surface area contributed by atoms with Gasteiger partial charge in [-0.3, -0.25) is 14.3 Å². The Morgan fingerprint density at radius 1 is 1.10 bits per heavy atom. The second-order valence-electron chi connectivity index (χ2n) is 10.1. The summed E-state index contributed by atoms with van der Waals surface area (Å²) in [5.74, 6) is 1.86. The zero-order valence-corrected chi connectivity index (χ0v) is 22.8. The minimum Gasteiger partial charge on any atom is -0.454 e. The van der Waals surface area contributed by atoms with Gasteiger partial charge in [0.15, 0.2) is 11.5 Å². The van der Waals surface area contributed by atoms with E-state index in [-0.39, 0.29) is 24.2 Å². The number of halogens is 1. The van der Waals surface area contributed by atoms with Crippen molar-refractivity contribution in [3.8, 4) is 22.6 Å². The Bertz CT molecular complexity index is 1570. The standard InChI is InChI=1S/C31H30FN3O3S/c1-20-25(15-21-7-3-4-9-26(21)32)31-35(30(36)29(20)22-10-11-27-28(16-22)38-19-37-27)24(18-39-31)17-34(2)14-12-23-8-5-6-13-33-23/h3-11,13,16,24H,12,14-15,17-19H2,1-2H3. The van der Waals surface area contributed by atoms with Gasteiger partial charge in [0.1, 0.15) is 5.82 Å². The number of thioether (sulfide) groups is 1. The van der Waals surface area contributed by atoms with Crippen LogP contribution >= 0.6 is 11.8 Å². The average molecular weight is 544 g/mol. The molecule has 1 atom stereocenters. The lowest BCUT2D eigenvalue weighted by molar-refractivity contribution is 0.174. The van der Waals surface area contributed by atoms with E-state index >= 15 is 0 Å². The molecule has 2 aromatic heterocycles. The average Bonchev–Trinajstić information content (AvgIpc) is 3.58. The Kier molecular flexibility index (Phi) is 7.14. The molecule has 2 aromatic carbocycles. The molecule has 0 fully saturated rings. The van der Waals surface area contributed by atoms with Gasteiger partial charge >= 0.3 is 0 Å². The SMILES string of the molecule is Cc1c(Cc2ccccc2F)c2n(c(=O)c1-c1ccc3c(c1)OCO3)C(CN(C)CCc1ccccn1)CS2. The molecule has 0 radical (unpaired) electrons. The lowest BCUT2D eigenvalue weighted by Gasteiger charge is -2.24. The zero-order valence-electron chi connectivity index (χ0n) is 22.0. The zero-order chi connectivity index (χ0) is 26.9. The summed E-state index contributed by atoms with van der Waals surface area (Å²) in [6.07, 6.45) is 3.07. The number of hydrogen-bond acceptors (Lipinski definition) is 6. The fourth-order valence-electron chi connectivity index (χ4n) is 5.44. The molecule has 2 aliphatic heterocycles. The first-order valence-corrected chi connectivity index (χ1v) is 14.1. The largest absolute Gasteiger partial charge is 0.454 e. The maximum Gasteiger partial charge on any atom is 0.259 e. The van der Waals surface area contributed by atoms with Crippen LogP contribution in [0.25, 0.3) is 11.1 Å². The Morgan fingerprint density at radius 3 is 2.74 bits per heavy atom. The van der Waals surface area contributed by atoms with Gasteiger partial charge in [-0.1, -0.05) is 30.3 Å². The molecule has 6 nitrogen and oxygen atoms in total. The van der Waals surface area contributed by atoms with Gasteiger partial charge < -0.3 is 14.4 Å². The highest BCUT2D eigenvalue weighted by Gasteiger charge is 2.31. The molecule has 39 heavy (non-hydrogen) atoms. The first kappa shape index (κ1) is 25.6. The van der Waals surface area contributed by atoms with Crippen LogP contribution in [-0.4, -0.2) is 47.1 Å². The van der Waals surface area contributed by atoms with Crippen LogP contribution in [0.3, 0.4) is 0 Å². The Balaban J connectivity index is 1.39. The van der Waals surface area contributed by atoms with E-state index in [0.717, 1.165) is 52.7 Å². The van der Waals surface area contributed by atoms with Gasteiger partial charge in [-0.2, -0.15) is 0 Å². The predicted molar refractivity (Wildman–Crippen MR) is 151 cm³/mol. The van der Waals surface area contributed by atoms with E-state index in [1.54, 1.807) is 17.8 Å². The van der Waals surface area contributed by atoms with Gasteiger partial charge in [0, 0.05) is 43.6 Å².